The van der Waals surface area contributed by atoms with Crippen LogP contribution in [0.3, 0.4) is 0 Å². The first-order chi connectivity index (χ1) is 19.7. The zero-order chi connectivity index (χ0) is 29.1. The SMILES string of the molecule is COc1cc2ncnc3c2cc1OCCCN(S(=O)(=O)c1ccccc1C)CCN(C)Cc1cc(F)c(Cl)cc1N3. The molecule has 2 bridgehead atoms. The number of hydrogen-bond donors (Lipinski definition) is 1. The minimum absolute atomic E-state index is 0.0344. The van der Waals surface area contributed by atoms with Crippen molar-refractivity contribution in [2.75, 3.05) is 45.7 Å². The Bertz CT molecular complexity index is 1690. The molecular weight excluding hydrogens is 569 g/mol. The molecule has 3 aromatic carbocycles. The van der Waals surface area contributed by atoms with Crippen molar-refractivity contribution < 1.29 is 22.3 Å². The molecule has 0 spiro atoms. The molecule has 0 aliphatic carbocycles. The second-order valence-electron chi connectivity index (χ2n) is 9.90. The van der Waals surface area contributed by atoms with Gasteiger partial charge in [0.1, 0.15) is 18.0 Å². The van der Waals surface area contributed by atoms with E-state index in [1.165, 1.54) is 22.8 Å². The molecule has 0 fully saturated rings. The Hall–Kier alpha value is -3.51. The number of aryl methyl sites for hydroxylation is 1. The maximum atomic E-state index is 14.6. The van der Waals surface area contributed by atoms with Crippen LogP contribution >= 0.6 is 11.6 Å². The summed E-state index contributed by atoms with van der Waals surface area (Å²) in [6.45, 7) is 3.26. The lowest BCUT2D eigenvalue weighted by atomic mass is 10.1. The fourth-order valence-corrected chi connectivity index (χ4v) is 6.67. The molecule has 0 radical (unpaired) electrons. The van der Waals surface area contributed by atoms with Crippen molar-refractivity contribution in [3.63, 3.8) is 0 Å². The third-order valence-electron chi connectivity index (χ3n) is 7.01. The first-order valence-electron chi connectivity index (χ1n) is 13.1. The van der Waals surface area contributed by atoms with E-state index >= 15 is 0 Å². The Morgan fingerprint density at radius 1 is 1.10 bits per heavy atom. The van der Waals surface area contributed by atoms with E-state index in [2.05, 4.69) is 15.3 Å². The molecule has 4 aromatic rings. The molecule has 1 aliphatic heterocycles. The monoisotopic (exact) mass is 599 g/mol. The average Bonchev–Trinajstić information content (AvgIpc) is 2.94. The van der Waals surface area contributed by atoms with E-state index in [1.54, 1.807) is 44.4 Å². The average molecular weight is 600 g/mol. The summed E-state index contributed by atoms with van der Waals surface area (Å²) in [6.07, 6.45) is 1.88. The third-order valence-corrected chi connectivity index (χ3v) is 9.36. The van der Waals surface area contributed by atoms with Crippen LogP contribution in [0.5, 0.6) is 11.5 Å². The fourth-order valence-electron chi connectivity index (χ4n) is 4.81. The maximum Gasteiger partial charge on any atom is 0.243 e. The molecule has 5 rings (SSSR count). The number of sulfonamides is 1. The minimum atomic E-state index is -3.78. The first-order valence-corrected chi connectivity index (χ1v) is 14.9. The topological polar surface area (TPSA) is 96.9 Å². The van der Waals surface area contributed by atoms with Crippen LogP contribution in [0.15, 0.2) is 59.8 Å². The Morgan fingerprint density at radius 2 is 1.90 bits per heavy atom. The summed E-state index contributed by atoms with van der Waals surface area (Å²) in [4.78, 5) is 11.0. The number of methoxy groups -OCH3 is 1. The van der Waals surface area contributed by atoms with Crippen LogP contribution in [0.25, 0.3) is 10.9 Å². The molecule has 0 saturated heterocycles. The number of aromatic nitrogens is 2. The Morgan fingerprint density at radius 3 is 2.68 bits per heavy atom. The van der Waals surface area contributed by atoms with Crippen molar-refractivity contribution in [2.24, 2.45) is 0 Å². The molecule has 0 amide bonds. The maximum absolute atomic E-state index is 14.6. The van der Waals surface area contributed by atoms with Crippen molar-refractivity contribution in [2.45, 2.75) is 24.8 Å². The number of ether oxygens (including phenoxy) is 2. The van der Waals surface area contributed by atoms with E-state index in [1.807, 2.05) is 18.0 Å². The van der Waals surface area contributed by atoms with E-state index in [4.69, 9.17) is 21.1 Å². The largest absolute Gasteiger partial charge is 0.493 e. The lowest BCUT2D eigenvalue weighted by molar-refractivity contribution is 0.256. The fraction of sp³-hybridized carbons (Fsp3) is 0.310. The lowest BCUT2D eigenvalue weighted by Gasteiger charge is -2.27. The van der Waals surface area contributed by atoms with Gasteiger partial charge in [-0.05, 0) is 55.8 Å². The summed E-state index contributed by atoms with van der Waals surface area (Å²) < 4.78 is 55.2. The smallest absolute Gasteiger partial charge is 0.243 e. The van der Waals surface area contributed by atoms with Crippen molar-refractivity contribution in [1.29, 1.82) is 0 Å². The highest BCUT2D eigenvalue weighted by molar-refractivity contribution is 7.89. The van der Waals surface area contributed by atoms with Crippen LogP contribution in [0.1, 0.15) is 17.5 Å². The summed E-state index contributed by atoms with van der Waals surface area (Å²) in [6, 6.07) is 13.4. The van der Waals surface area contributed by atoms with Crippen LogP contribution in [0.4, 0.5) is 15.9 Å². The van der Waals surface area contributed by atoms with Gasteiger partial charge < -0.3 is 19.7 Å². The van der Waals surface area contributed by atoms with Gasteiger partial charge in [-0.2, -0.15) is 4.31 Å². The van der Waals surface area contributed by atoms with Gasteiger partial charge in [-0.15, -0.1) is 0 Å². The predicted octanol–water partition coefficient (Wildman–Crippen LogP) is 5.39. The number of nitrogens with zero attached hydrogens (tertiary/aromatic N) is 4. The number of anilines is 2. The van der Waals surface area contributed by atoms with Crippen LogP contribution in [-0.2, 0) is 16.6 Å². The van der Waals surface area contributed by atoms with Gasteiger partial charge >= 0.3 is 0 Å². The van der Waals surface area contributed by atoms with Gasteiger partial charge in [0.2, 0.25) is 10.0 Å². The van der Waals surface area contributed by atoms with Crippen LogP contribution in [-0.4, -0.2) is 68.0 Å². The third kappa shape index (κ3) is 6.23. The molecule has 1 aromatic heterocycles. The van der Waals surface area contributed by atoms with Crippen LogP contribution in [0, 0.1) is 12.7 Å². The number of likely N-dealkylation sites (N-methyl/N-ethyl adjacent to an activating group) is 1. The summed E-state index contributed by atoms with van der Waals surface area (Å²) >= 11 is 6.17. The van der Waals surface area contributed by atoms with Crippen molar-refractivity contribution in [1.82, 2.24) is 19.2 Å². The first kappa shape index (κ1) is 29.0. The minimum Gasteiger partial charge on any atom is -0.493 e. The Kier molecular flexibility index (Phi) is 8.60. The molecule has 12 heteroatoms. The molecular formula is C29H31ClFN5O4S. The van der Waals surface area contributed by atoms with Crippen LogP contribution < -0.4 is 14.8 Å². The molecule has 1 N–H and O–H groups in total. The van der Waals surface area contributed by atoms with Gasteiger partial charge in [-0.1, -0.05) is 29.8 Å². The summed E-state index contributed by atoms with van der Waals surface area (Å²) in [5.41, 5.74) is 2.50. The number of rotatable bonds is 3. The quantitative estimate of drug-likeness (QED) is 0.335. The Labute approximate surface area is 243 Å². The van der Waals surface area contributed by atoms with Gasteiger partial charge in [-0.25, -0.2) is 22.8 Å². The second kappa shape index (κ2) is 12.2. The molecule has 216 valence electrons. The standard InChI is InChI=1S/C29H31ClFN5O4S/c1-19-7-4-5-8-28(19)41(37,38)36-9-6-12-40-27-14-21-25(16-26(27)39-3)32-18-33-29(21)34-24-15-22(30)23(31)13-20(24)17-35(2)10-11-36/h4-5,7-8,13-16,18H,6,9-12,17H2,1-3H3,(H,32,33,34). The molecule has 0 unspecified atom stereocenters. The highest BCUT2D eigenvalue weighted by Gasteiger charge is 2.26. The number of halogens is 2. The van der Waals surface area contributed by atoms with E-state index in [9.17, 15) is 12.8 Å². The second-order valence-corrected chi connectivity index (χ2v) is 12.2. The van der Waals surface area contributed by atoms with E-state index in [0.29, 0.717) is 64.5 Å². The van der Waals surface area contributed by atoms with Crippen molar-refractivity contribution in [3.05, 3.63) is 76.8 Å². The zero-order valence-electron chi connectivity index (χ0n) is 23.0. The summed E-state index contributed by atoms with van der Waals surface area (Å²) in [7, 11) is -0.375. The van der Waals surface area contributed by atoms with Crippen LogP contribution in [0.2, 0.25) is 5.02 Å². The van der Waals surface area contributed by atoms with E-state index < -0.39 is 15.8 Å². The Balaban J connectivity index is 1.57. The van der Waals surface area contributed by atoms with E-state index in [0.717, 1.165) is 0 Å². The molecule has 1 aliphatic rings. The normalized spacial score (nSPS) is 15.7. The zero-order valence-corrected chi connectivity index (χ0v) is 24.6. The molecule has 9 nitrogen and oxygen atoms in total. The number of hydrogen-bond acceptors (Lipinski definition) is 8. The van der Waals surface area contributed by atoms with Gasteiger partial charge in [-0.3, -0.25) is 0 Å². The molecule has 0 saturated carbocycles. The van der Waals surface area contributed by atoms with Gasteiger partial charge in [0, 0.05) is 43.3 Å². The lowest BCUT2D eigenvalue weighted by Crippen LogP contribution is -2.38. The number of fused-ring (bicyclic) bond motifs is 2. The van der Waals surface area contributed by atoms with Crippen molar-refractivity contribution in [3.8, 4) is 11.5 Å². The van der Waals surface area contributed by atoms with Gasteiger partial charge in [0.25, 0.3) is 0 Å². The highest BCUT2D eigenvalue weighted by Crippen LogP contribution is 2.36. The predicted molar refractivity (Wildman–Crippen MR) is 157 cm³/mol. The molecule has 41 heavy (non-hydrogen) atoms. The van der Waals surface area contributed by atoms with E-state index in [-0.39, 0.29) is 29.6 Å². The molecule has 2 heterocycles. The van der Waals surface area contributed by atoms with Gasteiger partial charge in [0.15, 0.2) is 11.5 Å². The number of nitrogens with one attached hydrogen (secondary N) is 1. The molecule has 0 atom stereocenters. The highest BCUT2D eigenvalue weighted by atomic mass is 35.5. The van der Waals surface area contributed by atoms with Crippen molar-refractivity contribution >= 4 is 44.0 Å². The summed E-state index contributed by atoms with van der Waals surface area (Å²) in [5.74, 6) is 0.901. The van der Waals surface area contributed by atoms with Gasteiger partial charge in [0.05, 0.1) is 29.2 Å². The number of benzene rings is 3. The summed E-state index contributed by atoms with van der Waals surface area (Å²) in [5, 5.41) is 3.93.